The molecule has 132 valence electrons. The molecule has 1 N–H and O–H groups in total. The summed E-state index contributed by atoms with van der Waals surface area (Å²) in [5.41, 5.74) is 2.32. The second-order valence-corrected chi connectivity index (χ2v) is 6.38. The van der Waals surface area contributed by atoms with Gasteiger partial charge in [0.1, 0.15) is 17.8 Å². The first-order chi connectivity index (χ1) is 12.6. The Morgan fingerprint density at radius 2 is 1.92 bits per heavy atom. The van der Waals surface area contributed by atoms with Gasteiger partial charge in [0.05, 0.1) is 13.0 Å². The van der Waals surface area contributed by atoms with E-state index in [1.165, 1.54) is 24.3 Å². The maximum atomic E-state index is 13.3. The van der Waals surface area contributed by atoms with Gasteiger partial charge in [-0.15, -0.1) is 0 Å². The number of hydrogen-bond donors (Lipinski definition) is 1. The highest BCUT2D eigenvalue weighted by atomic mass is 19.1. The van der Waals surface area contributed by atoms with E-state index >= 15 is 0 Å². The van der Waals surface area contributed by atoms with Crippen LogP contribution in [0.4, 0.5) is 14.5 Å². The SMILES string of the molecule is O=C(C[n+]1cc(-c2ccc(F)cc2)n2c1CCC2)Nc1cccc(F)c1. The summed E-state index contributed by atoms with van der Waals surface area (Å²) in [4.78, 5) is 12.4. The molecular weight excluding hydrogens is 336 g/mol. The average Bonchev–Trinajstić information content (AvgIpc) is 3.20. The number of hydrogen-bond acceptors (Lipinski definition) is 1. The summed E-state index contributed by atoms with van der Waals surface area (Å²) < 4.78 is 30.5. The van der Waals surface area contributed by atoms with Crippen LogP contribution < -0.4 is 9.88 Å². The smallest absolute Gasteiger partial charge is 0.266 e. The quantitative estimate of drug-likeness (QED) is 0.717. The fraction of sp³-hybridized carbons (Fsp3) is 0.200. The lowest BCUT2D eigenvalue weighted by Gasteiger charge is -2.04. The van der Waals surface area contributed by atoms with E-state index < -0.39 is 0 Å². The Labute approximate surface area is 149 Å². The Balaban J connectivity index is 1.58. The minimum absolute atomic E-state index is 0.146. The van der Waals surface area contributed by atoms with Crippen LogP contribution in [0, 0.1) is 11.6 Å². The van der Waals surface area contributed by atoms with Gasteiger partial charge in [0.15, 0.2) is 12.2 Å². The number of anilines is 1. The van der Waals surface area contributed by atoms with Gasteiger partial charge in [-0.2, -0.15) is 0 Å². The van der Waals surface area contributed by atoms with Crippen LogP contribution in [0.2, 0.25) is 0 Å². The molecule has 1 amide bonds. The van der Waals surface area contributed by atoms with Gasteiger partial charge in [-0.05, 0) is 48.9 Å². The number of rotatable bonds is 4. The Morgan fingerprint density at radius 3 is 2.69 bits per heavy atom. The van der Waals surface area contributed by atoms with E-state index in [4.69, 9.17) is 0 Å². The molecule has 0 saturated carbocycles. The molecule has 0 fully saturated rings. The van der Waals surface area contributed by atoms with Crippen LogP contribution in [0.3, 0.4) is 0 Å². The molecule has 4 nitrogen and oxygen atoms in total. The number of carbonyl (C=O) groups is 1. The molecule has 2 aromatic carbocycles. The zero-order chi connectivity index (χ0) is 18.1. The summed E-state index contributed by atoms with van der Waals surface area (Å²) >= 11 is 0. The van der Waals surface area contributed by atoms with Crippen LogP contribution in [0.5, 0.6) is 0 Å². The van der Waals surface area contributed by atoms with Crippen molar-refractivity contribution in [3.05, 3.63) is 72.2 Å². The molecule has 1 aliphatic rings. The van der Waals surface area contributed by atoms with Crippen LogP contribution in [0.15, 0.2) is 54.7 Å². The fourth-order valence-corrected chi connectivity index (χ4v) is 3.42. The standard InChI is InChI=1S/C20H17F2N3O/c21-15-8-6-14(7-9-15)18-12-24(20-5-2-10-25(18)20)13-19(26)23-17-4-1-3-16(22)11-17/h1,3-4,6-9,11-12H,2,5,10,13H2/p+1. The lowest BCUT2D eigenvalue weighted by Crippen LogP contribution is -2.42. The molecule has 26 heavy (non-hydrogen) atoms. The van der Waals surface area contributed by atoms with Crippen molar-refractivity contribution in [3.8, 4) is 11.3 Å². The molecule has 1 aromatic heterocycles. The Morgan fingerprint density at radius 1 is 1.12 bits per heavy atom. The van der Waals surface area contributed by atoms with Crippen molar-refractivity contribution in [1.29, 1.82) is 0 Å². The first-order valence-corrected chi connectivity index (χ1v) is 8.53. The zero-order valence-corrected chi connectivity index (χ0v) is 14.1. The van der Waals surface area contributed by atoms with Crippen molar-refractivity contribution in [1.82, 2.24) is 4.57 Å². The summed E-state index contributed by atoms with van der Waals surface area (Å²) in [5.74, 6) is 0.188. The molecule has 0 atom stereocenters. The number of fused-ring (bicyclic) bond motifs is 1. The van der Waals surface area contributed by atoms with E-state index in [2.05, 4.69) is 9.88 Å². The molecule has 6 heteroatoms. The van der Waals surface area contributed by atoms with Crippen molar-refractivity contribution in [2.45, 2.75) is 25.9 Å². The minimum atomic E-state index is -0.390. The molecule has 4 rings (SSSR count). The van der Waals surface area contributed by atoms with E-state index in [1.807, 2.05) is 10.8 Å². The van der Waals surface area contributed by atoms with Gasteiger partial charge in [0.25, 0.3) is 11.7 Å². The molecule has 0 unspecified atom stereocenters. The number of carbonyl (C=O) groups excluding carboxylic acids is 1. The summed E-state index contributed by atoms with van der Waals surface area (Å²) in [6.45, 7) is 1.02. The topological polar surface area (TPSA) is 37.9 Å². The van der Waals surface area contributed by atoms with Gasteiger partial charge in [0.2, 0.25) is 0 Å². The maximum absolute atomic E-state index is 13.3. The zero-order valence-electron chi connectivity index (χ0n) is 14.1. The summed E-state index contributed by atoms with van der Waals surface area (Å²) in [6, 6.07) is 12.2. The van der Waals surface area contributed by atoms with E-state index in [9.17, 15) is 13.6 Å². The molecule has 0 saturated heterocycles. The van der Waals surface area contributed by atoms with Gasteiger partial charge in [-0.25, -0.2) is 17.9 Å². The van der Waals surface area contributed by atoms with Crippen molar-refractivity contribution >= 4 is 11.6 Å². The van der Waals surface area contributed by atoms with Gasteiger partial charge >= 0.3 is 0 Å². The Bertz CT molecular complexity index is 964. The first-order valence-electron chi connectivity index (χ1n) is 8.53. The van der Waals surface area contributed by atoms with Crippen LogP contribution in [0.1, 0.15) is 12.2 Å². The maximum Gasteiger partial charge on any atom is 0.266 e. The summed E-state index contributed by atoms with van der Waals surface area (Å²) in [7, 11) is 0. The summed E-state index contributed by atoms with van der Waals surface area (Å²) in [6.07, 6.45) is 3.82. The van der Waals surface area contributed by atoms with Crippen LogP contribution >= 0.6 is 0 Å². The fourth-order valence-electron chi connectivity index (χ4n) is 3.42. The van der Waals surface area contributed by atoms with E-state index in [1.54, 1.807) is 24.3 Å². The lowest BCUT2D eigenvalue weighted by molar-refractivity contribution is -0.690. The lowest BCUT2D eigenvalue weighted by atomic mass is 10.1. The van der Waals surface area contributed by atoms with Crippen LogP contribution in [-0.2, 0) is 24.3 Å². The van der Waals surface area contributed by atoms with E-state index in [-0.39, 0.29) is 24.1 Å². The van der Waals surface area contributed by atoms with Gasteiger partial charge < -0.3 is 5.32 Å². The van der Waals surface area contributed by atoms with E-state index in [0.717, 1.165) is 36.5 Å². The number of imidazole rings is 1. The largest absolute Gasteiger partial charge is 0.323 e. The number of nitrogens with zero attached hydrogens (tertiary/aromatic N) is 2. The average molecular weight is 354 g/mol. The van der Waals surface area contributed by atoms with Gasteiger partial charge in [-0.1, -0.05) is 6.07 Å². The van der Waals surface area contributed by atoms with Crippen molar-refractivity contribution < 1.29 is 18.1 Å². The molecule has 0 aliphatic carbocycles. The number of aromatic nitrogens is 2. The van der Waals surface area contributed by atoms with E-state index in [0.29, 0.717) is 5.69 Å². The predicted octanol–water partition coefficient (Wildman–Crippen LogP) is 3.31. The molecule has 0 bridgehead atoms. The molecule has 2 heterocycles. The Kier molecular flexibility index (Phi) is 4.24. The molecule has 1 aliphatic heterocycles. The minimum Gasteiger partial charge on any atom is -0.323 e. The van der Waals surface area contributed by atoms with Crippen molar-refractivity contribution in [2.75, 3.05) is 5.32 Å². The van der Waals surface area contributed by atoms with Crippen LogP contribution in [0.25, 0.3) is 11.3 Å². The first kappa shape index (κ1) is 16.4. The van der Waals surface area contributed by atoms with Crippen LogP contribution in [-0.4, -0.2) is 10.5 Å². The summed E-state index contributed by atoms with van der Waals surface area (Å²) in [5, 5.41) is 2.72. The second kappa shape index (κ2) is 6.71. The third kappa shape index (κ3) is 3.22. The molecule has 0 spiro atoms. The highest BCUT2D eigenvalue weighted by Gasteiger charge is 2.29. The monoisotopic (exact) mass is 354 g/mol. The highest BCUT2D eigenvalue weighted by molar-refractivity contribution is 5.89. The second-order valence-electron chi connectivity index (χ2n) is 6.38. The number of benzene rings is 2. The number of nitrogens with one attached hydrogen (secondary N) is 1. The molecular formula is C20H18F2N3O+. The third-order valence-corrected chi connectivity index (χ3v) is 4.56. The highest BCUT2D eigenvalue weighted by Crippen LogP contribution is 2.25. The molecule has 0 radical (unpaired) electrons. The predicted molar refractivity (Wildman–Crippen MR) is 93.4 cm³/mol. The van der Waals surface area contributed by atoms with Crippen molar-refractivity contribution in [3.63, 3.8) is 0 Å². The van der Waals surface area contributed by atoms with Gasteiger partial charge in [-0.3, -0.25) is 4.79 Å². The number of halogens is 2. The third-order valence-electron chi connectivity index (χ3n) is 4.56. The number of amides is 1. The Hall–Kier alpha value is -3.02. The van der Waals surface area contributed by atoms with Crippen molar-refractivity contribution in [2.24, 2.45) is 0 Å². The molecule has 3 aromatic rings. The normalized spacial score (nSPS) is 12.8. The van der Waals surface area contributed by atoms with Gasteiger partial charge in [0, 0.05) is 11.3 Å².